The van der Waals surface area contributed by atoms with Crippen molar-refractivity contribution < 1.29 is 9.53 Å². The SMILES string of the molecule is CC(=O)c1ccc(-c2cccc3[nH]c(-c4n[nH]c5ccc(-c6cncc(OCCN7CCCC7)c6)nc45)cc23)s1. The summed E-state index contributed by atoms with van der Waals surface area (Å²) in [5.74, 6) is 0.827. The van der Waals surface area contributed by atoms with Crippen LogP contribution in [0.3, 0.4) is 0 Å². The molecule has 0 unspecified atom stereocenters. The number of Topliss-reactive ketones (excluding diaryl/α,β-unsaturated/α-hetero) is 1. The van der Waals surface area contributed by atoms with E-state index in [1.165, 1.54) is 24.2 Å². The normalized spacial score (nSPS) is 13.9. The molecular weight excluding hydrogens is 520 g/mol. The van der Waals surface area contributed by atoms with Crippen LogP contribution in [0.25, 0.3) is 55.0 Å². The summed E-state index contributed by atoms with van der Waals surface area (Å²) in [6.07, 6.45) is 6.12. The van der Waals surface area contributed by atoms with Gasteiger partial charge in [0, 0.05) is 39.6 Å². The molecule has 1 aromatic carbocycles. The average molecular weight is 549 g/mol. The molecule has 200 valence electrons. The van der Waals surface area contributed by atoms with Crippen LogP contribution in [0.4, 0.5) is 0 Å². The van der Waals surface area contributed by atoms with Gasteiger partial charge in [0.05, 0.1) is 28.0 Å². The predicted molar refractivity (Wildman–Crippen MR) is 159 cm³/mol. The number of carbonyl (C=O) groups excluding carboxylic acids is 1. The predicted octanol–water partition coefficient (Wildman–Crippen LogP) is 6.57. The van der Waals surface area contributed by atoms with Crippen LogP contribution in [0.5, 0.6) is 5.75 Å². The Morgan fingerprint density at radius 3 is 2.80 bits per heavy atom. The molecule has 0 bridgehead atoms. The lowest BCUT2D eigenvalue weighted by atomic mass is 10.1. The number of hydrogen-bond acceptors (Lipinski definition) is 7. The molecule has 8 nitrogen and oxygen atoms in total. The van der Waals surface area contributed by atoms with Gasteiger partial charge in [0.2, 0.25) is 0 Å². The second-order valence-electron chi connectivity index (χ2n) is 10.1. The molecule has 0 spiro atoms. The second kappa shape index (κ2) is 10.3. The van der Waals surface area contributed by atoms with Gasteiger partial charge in [-0.15, -0.1) is 11.3 Å². The van der Waals surface area contributed by atoms with E-state index < -0.39 is 0 Å². The van der Waals surface area contributed by atoms with Crippen LogP contribution in [-0.2, 0) is 0 Å². The molecule has 1 saturated heterocycles. The molecule has 0 saturated carbocycles. The number of carbonyl (C=O) groups is 1. The zero-order valence-electron chi connectivity index (χ0n) is 22.1. The minimum Gasteiger partial charge on any atom is -0.491 e. The maximum Gasteiger partial charge on any atom is 0.169 e. The largest absolute Gasteiger partial charge is 0.491 e. The Morgan fingerprint density at radius 2 is 1.95 bits per heavy atom. The first kappa shape index (κ1) is 24.7. The van der Waals surface area contributed by atoms with Crippen LogP contribution in [0.1, 0.15) is 29.4 Å². The topological polar surface area (TPSA) is 99.8 Å². The van der Waals surface area contributed by atoms with Crippen molar-refractivity contribution in [2.75, 3.05) is 26.2 Å². The number of aromatic nitrogens is 5. The number of fused-ring (bicyclic) bond motifs is 2. The van der Waals surface area contributed by atoms with Crippen LogP contribution < -0.4 is 4.74 Å². The fraction of sp³-hybridized carbons (Fsp3) is 0.226. The number of nitrogens with zero attached hydrogens (tertiary/aromatic N) is 4. The van der Waals surface area contributed by atoms with E-state index >= 15 is 0 Å². The first-order valence-corrected chi connectivity index (χ1v) is 14.3. The highest BCUT2D eigenvalue weighted by molar-refractivity contribution is 7.17. The van der Waals surface area contributed by atoms with Crippen molar-refractivity contribution in [1.82, 2.24) is 30.0 Å². The maximum atomic E-state index is 11.9. The lowest BCUT2D eigenvalue weighted by Gasteiger charge is -2.15. The molecule has 0 atom stereocenters. The monoisotopic (exact) mass is 548 g/mol. The number of benzene rings is 1. The summed E-state index contributed by atoms with van der Waals surface area (Å²) in [6.45, 7) is 5.50. The highest BCUT2D eigenvalue weighted by Crippen LogP contribution is 2.37. The Balaban J connectivity index is 1.20. The fourth-order valence-electron chi connectivity index (χ4n) is 5.35. The molecule has 6 heterocycles. The smallest absolute Gasteiger partial charge is 0.169 e. The molecular formula is C31H28N6O2S. The van der Waals surface area contributed by atoms with E-state index in [-0.39, 0.29) is 5.78 Å². The second-order valence-corrected chi connectivity index (χ2v) is 11.2. The third-order valence-corrected chi connectivity index (χ3v) is 8.65. The molecule has 7 rings (SSSR count). The van der Waals surface area contributed by atoms with E-state index in [0.717, 1.165) is 85.3 Å². The third-order valence-electron chi connectivity index (χ3n) is 7.43. The van der Waals surface area contributed by atoms with E-state index in [2.05, 4.69) is 43.3 Å². The van der Waals surface area contributed by atoms with Crippen molar-refractivity contribution in [1.29, 1.82) is 0 Å². The van der Waals surface area contributed by atoms with Crippen LogP contribution in [0.15, 0.2) is 67.0 Å². The summed E-state index contributed by atoms with van der Waals surface area (Å²) in [7, 11) is 0. The first-order chi connectivity index (χ1) is 19.6. The number of aromatic amines is 2. The number of ketones is 1. The zero-order chi connectivity index (χ0) is 27.1. The van der Waals surface area contributed by atoms with Gasteiger partial charge in [0.25, 0.3) is 0 Å². The number of hydrogen-bond donors (Lipinski definition) is 2. The summed E-state index contributed by atoms with van der Waals surface area (Å²) >= 11 is 1.51. The van der Waals surface area contributed by atoms with Gasteiger partial charge in [-0.05, 0) is 75.3 Å². The Morgan fingerprint density at radius 1 is 1.05 bits per heavy atom. The highest BCUT2D eigenvalue weighted by Gasteiger charge is 2.17. The van der Waals surface area contributed by atoms with Crippen LogP contribution in [-0.4, -0.2) is 62.1 Å². The van der Waals surface area contributed by atoms with Crippen molar-refractivity contribution in [3.05, 3.63) is 71.9 Å². The van der Waals surface area contributed by atoms with Crippen LogP contribution in [0.2, 0.25) is 0 Å². The van der Waals surface area contributed by atoms with Crippen LogP contribution in [0, 0.1) is 0 Å². The molecule has 0 amide bonds. The van der Waals surface area contributed by atoms with E-state index in [1.54, 1.807) is 13.1 Å². The number of nitrogens with one attached hydrogen (secondary N) is 2. The van der Waals surface area contributed by atoms with E-state index in [1.807, 2.05) is 42.6 Å². The summed E-state index contributed by atoms with van der Waals surface area (Å²) in [5.41, 5.74) is 7.04. The Labute approximate surface area is 235 Å². The zero-order valence-corrected chi connectivity index (χ0v) is 22.9. The fourth-order valence-corrected chi connectivity index (χ4v) is 6.29. The van der Waals surface area contributed by atoms with Crippen molar-refractivity contribution >= 4 is 39.1 Å². The quantitative estimate of drug-likeness (QED) is 0.209. The van der Waals surface area contributed by atoms with Gasteiger partial charge < -0.3 is 9.72 Å². The Hall–Kier alpha value is -4.34. The number of thiophene rings is 1. The Kier molecular flexibility index (Phi) is 6.37. The molecule has 1 fully saturated rings. The molecule has 6 aromatic rings. The lowest BCUT2D eigenvalue weighted by Crippen LogP contribution is -2.25. The van der Waals surface area contributed by atoms with Gasteiger partial charge in [-0.3, -0.25) is 19.8 Å². The molecule has 5 aromatic heterocycles. The van der Waals surface area contributed by atoms with Gasteiger partial charge in [0.15, 0.2) is 5.78 Å². The molecule has 0 aliphatic carbocycles. The van der Waals surface area contributed by atoms with Gasteiger partial charge >= 0.3 is 0 Å². The van der Waals surface area contributed by atoms with Crippen molar-refractivity contribution in [2.45, 2.75) is 19.8 Å². The van der Waals surface area contributed by atoms with Gasteiger partial charge in [-0.1, -0.05) is 12.1 Å². The van der Waals surface area contributed by atoms with E-state index in [4.69, 9.17) is 9.72 Å². The van der Waals surface area contributed by atoms with Crippen molar-refractivity contribution in [3.8, 4) is 38.8 Å². The molecule has 1 aliphatic rings. The maximum absolute atomic E-state index is 11.9. The van der Waals surface area contributed by atoms with Crippen LogP contribution >= 0.6 is 11.3 Å². The van der Waals surface area contributed by atoms with Gasteiger partial charge in [-0.2, -0.15) is 5.10 Å². The Bertz CT molecular complexity index is 1850. The number of rotatable bonds is 8. The number of H-pyrrole nitrogens is 2. The summed E-state index contributed by atoms with van der Waals surface area (Å²) in [4.78, 5) is 29.0. The molecule has 2 N–H and O–H groups in total. The first-order valence-electron chi connectivity index (χ1n) is 13.5. The number of likely N-dealkylation sites (tertiary alicyclic amines) is 1. The molecule has 0 radical (unpaired) electrons. The minimum absolute atomic E-state index is 0.0810. The number of ether oxygens (including phenoxy) is 1. The lowest BCUT2D eigenvalue weighted by molar-refractivity contribution is 0.102. The standard InChI is InChI=1S/C31H28N6O2S/c1-19(38)28-9-10-29(40-28)22-5-4-6-25-23(22)16-27(33-25)31-30-26(35-36-31)8-7-24(34-30)20-15-21(18-32-17-20)39-14-13-37-11-2-3-12-37/h4-10,15-18,33H,2-3,11-14H2,1H3,(H,35,36). The third kappa shape index (κ3) is 4.67. The molecule has 9 heteroatoms. The van der Waals surface area contributed by atoms with Crippen molar-refractivity contribution in [3.63, 3.8) is 0 Å². The summed E-state index contributed by atoms with van der Waals surface area (Å²) < 4.78 is 6.02. The van der Waals surface area contributed by atoms with Crippen molar-refractivity contribution in [2.24, 2.45) is 0 Å². The van der Waals surface area contributed by atoms with E-state index in [9.17, 15) is 4.79 Å². The minimum atomic E-state index is 0.0810. The summed E-state index contributed by atoms with van der Waals surface area (Å²) in [5, 5.41) is 8.81. The highest BCUT2D eigenvalue weighted by atomic mass is 32.1. The van der Waals surface area contributed by atoms with Gasteiger partial charge in [-0.25, -0.2) is 4.98 Å². The molecule has 1 aliphatic heterocycles. The average Bonchev–Trinajstić information content (AvgIpc) is 3.78. The summed E-state index contributed by atoms with van der Waals surface area (Å²) in [6, 6.07) is 18.1. The molecule has 40 heavy (non-hydrogen) atoms. The number of pyridine rings is 2. The van der Waals surface area contributed by atoms with E-state index in [0.29, 0.717) is 6.61 Å². The van der Waals surface area contributed by atoms with Gasteiger partial charge in [0.1, 0.15) is 23.6 Å².